The number of aryl methyl sites for hydroxylation is 2. The number of Topliss-reactive ketones (excluding diaryl/α,β-unsaturated/α-hetero) is 1. The van der Waals surface area contributed by atoms with Crippen molar-refractivity contribution in [2.24, 2.45) is 0 Å². The van der Waals surface area contributed by atoms with Gasteiger partial charge in [-0.25, -0.2) is 29.5 Å². The third-order valence-electron chi connectivity index (χ3n) is 9.64. The maximum atomic E-state index is 12.4. The van der Waals surface area contributed by atoms with E-state index in [0.717, 1.165) is 18.5 Å². The lowest BCUT2D eigenvalue weighted by Gasteiger charge is -2.15. The molecule has 6 aromatic rings. The number of aromatic amines is 2. The number of unbranched alkanes of at least 4 members (excludes halogenated alkanes) is 1. The Morgan fingerprint density at radius 2 is 1.18 bits per heavy atom. The van der Waals surface area contributed by atoms with Crippen LogP contribution in [0.4, 0.5) is 17.6 Å². The smallest absolute Gasteiger partial charge is 0.326 e. The summed E-state index contributed by atoms with van der Waals surface area (Å²) in [5, 5.41) is 29.7. The third kappa shape index (κ3) is 14.2. The molecule has 0 radical (unpaired) electrons. The Kier molecular flexibility index (Phi) is 16.7. The van der Waals surface area contributed by atoms with Crippen LogP contribution in [0.2, 0.25) is 0 Å². The number of aromatic nitrogens is 8. The number of carbonyl (C=O) groups is 5. The van der Waals surface area contributed by atoms with Gasteiger partial charge in [-0.1, -0.05) is 12.1 Å². The minimum Gasteiger partial charge on any atom is -0.480 e. The highest BCUT2D eigenvalue weighted by molar-refractivity contribution is 5.97. The van der Waals surface area contributed by atoms with Crippen molar-refractivity contribution in [2.75, 3.05) is 30.4 Å². The van der Waals surface area contributed by atoms with Crippen molar-refractivity contribution in [3.8, 4) is 0 Å². The zero-order valence-corrected chi connectivity index (χ0v) is 35.4. The van der Waals surface area contributed by atoms with Gasteiger partial charge in [0.1, 0.15) is 17.9 Å². The van der Waals surface area contributed by atoms with Crippen molar-refractivity contribution in [1.82, 2.24) is 55.8 Å². The van der Waals surface area contributed by atoms with Crippen molar-refractivity contribution in [3.05, 3.63) is 110 Å². The van der Waals surface area contributed by atoms with E-state index in [2.05, 4.69) is 61.1 Å². The van der Waals surface area contributed by atoms with Gasteiger partial charge in [0.25, 0.3) is 22.9 Å². The summed E-state index contributed by atoms with van der Waals surface area (Å²) in [4.78, 5) is 112. The molecule has 0 saturated carbocycles. The van der Waals surface area contributed by atoms with E-state index >= 15 is 0 Å². The van der Waals surface area contributed by atoms with Gasteiger partial charge in [-0.05, 0) is 101 Å². The average molecular weight is 893 g/mol. The molecule has 0 fully saturated rings. The molecule has 0 bridgehead atoms. The summed E-state index contributed by atoms with van der Waals surface area (Å²) in [5.41, 5.74) is 14.0. The molecule has 65 heavy (non-hydrogen) atoms. The summed E-state index contributed by atoms with van der Waals surface area (Å²) in [6.45, 7) is 2.45. The second-order valence-electron chi connectivity index (χ2n) is 14.7. The van der Waals surface area contributed by atoms with Crippen molar-refractivity contribution < 1.29 is 34.2 Å². The van der Waals surface area contributed by atoms with Gasteiger partial charge in [0, 0.05) is 23.2 Å². The molecule has 0 spiro atoms. The van der Waals surface area contributed by atoms with Gasteiger partial charge in [0.2, 0.25) is 11.9 Å². The third-order valence-corrected chi connectivity index (χ3v) is 9.64. The van der Waals surface area contributed by atoms with Crippen LogP contribution in [0, 0.1) is 0 Å². The lowest BCUT2D eigenvalue weighted by atomic mass is 10.0. The fourth-order valence-electron chi connectivity index (χ4n) is 6.17. The van der Waals surface area contributed by atoms with Crippen LogP contribution in [0.15, 0.2) is 70.5 Å². The quantitative estimate of drug-likeness (QED) is 0.0480. The van der Waals surface area contributed by atoms with Crippen LogP contribution in [-0.2, 0) is 33.8 Å². The molecule has 0 aliphatic heterocycles. The van der Waals surface area contributed by atoms with Crippen LogP contribution < -0.4 is 43.9 Å². The Balaban J connectivity index is 0.000000244. The zero-order valence-electron chi connectivity index (χ0n) is 35.4. The number of hydrogen-bond acceptors (Lipinski definition) is 17. The average Bonchev–Trinajstić information content (AvgIpc) is 3.27. The Labute approximate surface area is 369 Å². The number of nitrogen functional groups attached to an aromatic ring is 2. The van der Waals surface area contributed by atoms with E-state index in [0.29, 0.717) is 53.9 Å². The Hall–Kier alpha value is -8.21. The van der Waals surface area contributed by atoms with E-state index in [1.54, 1.807) is 48.5 Å². The molecule has 0 unspecified atom stereocenters. The van der Waals surface area contributed by atoms with Crippen molar-refractivity contribution in [1.29, 1.82) is 0 Å². The predicted molar refractivity (Wildman–Crippen MR) is 238 cm³/mol. The van der Waals surface area contributed by atoms with Gasteiger partial charge in [-0.3, -0.25) is 29.1 Å². The number of nitrogens with two attached hydrogens (primary N) is 2. The summed E-state index contributed by atoms with van der Waals surface area (Å²) in [5.74, 6) is -3.42. The molecule has 2 atom stereocenters. The van der Waals surface area contributed by atoms with Gasteiger partial charge < -0.3 is 47.7 Å². The lowest BCUT2D eigenvalue weighted by molar-refractivity contribution is -0.140. The molecule has 4 heterocycles. The fraction of sp³-hybridized carbons (Fsp3) is 0.310. The van der Waals surface area contributed by atoms with Crippen LogP contribution in [-0.4, -0.2) is 105 Å². The Bertz CT molecular complexity index is 2780. The van der Waals surface area contributed by atoms with Gasteiger partial charge in [-0.15, -0.1) is 0 Å². The van der Waals surface area contributed by atoms with E-state index in [9.17, 15) is 43.8 Å². The number of nitrogens with zero attached hydrogens (tertiary/aromatic N) is 6. The summed E-state index contributed by atoms with van der Waals surface area (Å²) in [6.07, 6.45) is 6.10. The maximum Gasteiger partial charge on any atom is 0.326 e. The normalized spacial score (nSPS) is 11.8. The van der Waals surface area contributed by atoms with Crippen LogP contribution in [0.3, 0.4) is 0 Å². The van der Waals surface area contributed by atoms with Gasteiger partial charge >= 0.3 is 11.9 Å². The van der Waals surface area contributed by atoms with Crippen LogP contribution in [0.5, 0.6) is 0 Å². The molecule has 2 aromatic carbocycles. The number of fused-ring (bicyclic) bond motifs is 2. The lowest BCUT2D eigenvalue weighted by Crippen LogP contribution is -2.41. The molecular formula is C42H48N14O9. The first kappa shape index (κ1) is 47.8. The maximum absolute atomic E-state index is 12.4. The molecule has 6 rings (SSSR count). The van der Waals surface area contributed by atoms with Crippen LogP contribution >= 0.6 is 0 Å². The number of H-pyrrole nitrogens is 2. The standard InChI is InChI=1S/C21H26N8O4.C21H22N6O5/c1-23-9-3-2-4-15(20(32)33)27-18(30)12-5-7-13(8-6-12)24-10-14-11-25-17-16(26-14)19(31)29-21(22)28-17;1-11(28)2-9-15(20(31)32)25-18(29)13-6-3-12(4-7-13)5-8-14-10-23-17-16(24-14)19(30)27-21(22)26-17/h5-8,11,15,23-24H,2-4,9-10H2,1H3,(H,27,30)(H,32,33)(H3,22,25,28,29,31);3-4,6-7,10,15H,2,5,8-9H2,1H3,(H,25,29)(H,31,32)(H3,22,23,26,27,30)/t2*15-/m00/s1. The molecule has 0 aliphatic carbocycles. The highest BCUT2D eigenvalue weighted by atomic mass is 16.4. The first-order chi connectivity index (χ1) is 31.1. The van der Waals surface area contributed by atoms with Crippen molar-refractivity contribution >= 4 is 69.4 Å². The Morgan fingerprint density at radius 3 is 1.71 bits per heavy atom. The van der Waals surface area contributed by atoms with Crippen LogP contribution in [0.1, 0.15) is 76.7 Å². The predicted octanol–water partition coefficient (Wildman–Crippen LogP) is 1.11. The fourth-order valence-corrected chi connectivity index (χ4v) is 6.17. The van der Waals surface area contributed by atoms with Crippen LogP contribution in [0.25, 0.3) is 22.3 Å². The number of hydrogen-bond donors (Lipinski definition) is 10. The number of anilines is 3. The number of carboxylic acid groups (broad SMARTS) is 2. The first-order valence-electron chi connectivity index (χ1n) is 20.3. The summed E-state index contributed by atoms with van der Waals surface area (Å²) < 4.78 is 0. The SMILES string of the molecule is CC(=O)CC[C@H](NC(=O)c1ccc(CCc2cnc3nc(N)[nH]c(=O)c3n2)cc1)C(=O)O.CNCCCC[C@H](NC(=O)c1ccc(NCc2cnc3nc(N)[nH]c(=O)c3n2)cc1)C(=O)O. The van der Waals surface area contributed by atoms with Crippen molar-refractivity contribution in [3.63, 3.8) is 0 Å². The van der Waals surface area contributed by atoms with Gasteiger partial charge in [0.15, 0.2) is 22.3 Å². The highest BCUT2D eigenvalue weighted by Crippen LogP contribution is 2.14. The minimum absolute atomic E-state index is 0.0257. The molecule has 0 saturated heterocycles. The van der Waals surface area contributed by atoms with E-state index in [-0.39, 0.29) is 59.4 Å². The number of rotatable bonds is 20. The monoisotopic (exact) mass is 892 g/mol. The number of carbonyl (C=O) groups excluding carboxylic acids is 3. The van der Waals surface area contributed by atoms with E-state index in [4.69, 9.17) is 11.5 Å². The topological polar surface area (TPSA) is 369 Å². The molecular weight excluding hydrogens is 845 g/mol. The largest absolute Gasteiger partial charge is 0.480 e. The molecule has 12 N–H and O–H groups in total. The number of amides is 2. The molecule has 2 amide bonds. The molecule has 23 nitrogen and oxygen atoms in total. The molecule has 23 heteroatoms. The molecule has 0 aliphatic rings. The van der Waals surface area contributed by atoms with E-state index < -0.39 is 47.0 Å². The zero-order chi connectivity index (χ0) is 47.0. The Morgan fingerprint density at radius 1 is 0.677 bits per heavy atom. The number of carboxylic acids is 2. The summed E-state index contributed by atoms with van der Waals surface area (Å²) >= 11 is 0. The summed E-state index contributed by atoms with van der Waals surface area (Å²) in [6, 6.07) is 11.2. The minimum atomic E-state index is -1.19. The first-order valence-corrected chi connectivity index (χ1v) is 20.3. The van der Waals surface area contributed by atoms with E-state index in [1.807, 2.05) is 7.05 Å². The van der Waals surface area contributed by atoms with Gasteiger partial charge in [0.05, 0.1) is 30.3 Å². The second kappa shape index (κ2) is 22.8. The van der Waals surface area contributed by atoms with Crippen molar-refractivity contribution in [2.45, 2.75) is 70.5 Å². The molecule has 340 valence electrons. The van der Waals surface area contributed by atoms with E-state index in [1.165, 1.54) is 19.3 Å². The highest BCUT2D eigenvalue weighted by Gasteiger charge is 2.22. The summed E-state index contributed by atoms with van der Waals surface area (Å²) in [7, 11) is 1.83. The number of benzene rings is 2. The second-order valence-corrected chi connectivity index (χ2v) is 14.7. The molecule has 4 aromatic heterocycles. The number of nitrogens with one attached hydrogen (secondary N) is 6. The number of aliphatic carboxylic acids is 2. The number of ketones is 1. The van der Waals surface area contributed by atoms with Gasteiger partial charge in [-0.2, -0.15) is 9.97 Å².